The van der Waals surface area contributed by atoms with E-state index < -0.39 is 11.7 Å². The summed E-state index contributed by atoms with van der Waals surface area (Å²) in [6.45, 7) is 0. The van der Waals surface area contributed by atoms with Crippen LogP contribution in [0.5, 0.6) is 0 Å². The molecule has 0 radical (unpaired) electrons. The summed E-state index contributed by atoms with van der Waals surface area (Å²) in [5.74, 6) is 0.116. The first-order valence-corrected chi connectivity index (χ1v) is 5.56. The molecule has 0 bridgehead atoms. The molecule has 3 nitrogen and oxygen atoms in total. The van der Waals surface area contributed by atoms with Crippen molar-refractivity contribution in [3.63, 3.8) is 0 Å². The van der Waals surface area contributed by atoms with Gasteiger partial charge in [-0.3, -0.25) is 0 Å². The highest BCUT2D eigenvalue weighted by Gasteiger charge is 2.31. The molecule has 1 heterocycles. The first-order valence-electron chi connectivity index (χ1n) is 5.56. The molecule has 0 aromatic carbocycles. The van der Waals surface area contributed by atoms with Gasteiger partial charge in [-0.15, -0.1) is 0 Å². The summed E-state index contributed by atoms with van der Waals surface area (Å²) < 4.78 is 37.5. The summed E-state index contributed by atoms with van der Waals surface area (Å²) in [5.41, 5.74) is 5.08. The monoisotopic (exact) mass is 245 g/mol. The number of hydrogen-bond acceptors (Lipinski definition) is 3. The fourth-order valence-electron chi connectivity index (χ4n) is 2.04. The van der Waals surface area contributed by atoms with E-state index in [1.165, 1.54) is 0 Å². The van der Waals surface area contributed by atoms with Gasteiger partial charge in [0.2, 0.25) is 0 Å². The number of alkyl halides is 3. The Labute approximate surface area is 97.2 Å². The molecule has 0 amide bonds. The first kappa shape index (κ1) is 12.0. The highest BCUT2D eigenvalue weighted by molar-refractivity contribution is 5.63. The van der Waals surface area contributed by atoms with Crippen LogP contribution in [0.2, 0.25) is 0 Å². The van der Waals surface area contributed by atoms with Crippen LogP contribution in [0.15, 0.2) is 12.3 Å². The van der Waals surface area contributed by atoms with Gasteiger partial charge in [0.15, 0.2) is 0 Å². The van der Waals surface area contributed by atoms with Gasteiger partial charge in [-0.1, -0.05) is 12.8 Å². The van der Waals surface area contributed by atoms with E-state index in [4.69, 9.17) is 5.73 Å². The fourth-order valence-corrected chi connectivity index (χ4v) is 2.04. The normalized spacial score (nSPS) is 17.4. The lowest BCUT2D eigenvalue weighted by atomic mass is 10.2. The summed E-state index contributed by atoms with van der Waals surface area (Å²) in [5, 5.41) is 3.03. The van der Waals surface area contributed by atoms with Gasteiger partial charge < -0.3 is 11.1 Å². The van der Waals surface area contributed by atoms with Gasteiger partial charge in [0, 0.05) is 12.2 Å². The Bertz CT molecular complexity index is 397. The van der Waals surface area contributed by atoms with Crippen LogP contribution in [0.1, 0.15) is 31.2 Å². The van der Waals surface area contributed by atoms with Gasteiger partial charge >= 0.3 is 6.18 Å². The van der Waals surface area contributed by atoms with Crippen molar-refractivity contribution < 1.29 is 13.2 Å². The fraction of sp³-hybridized carbons (Fsp3) is 0.545. The van der Waals surface area contributed by atoms with E-state index >= 15 is 0 Å². The zero-order valence-corrected chi connectivity index (χ0v) is 9.22. The Balaban J connectivity index is 2.20. The minimum atomic E-state index is -4.38. The summed E-state index contributed by atoms with van der Waals surface area (Å²) in [4.78, 5) is 3.58. The SMILES string of the molecule is Nc1ncc(C(F)(F)F)cc1NC1CCCC1. The Hall–Kier alpha value is -1.46. The van der Waals surface area contributed by atoms with Crippen LogP contribution in [-0.4, -0.2) is 11.0 Å². The van der Waals surface area contributed by atoms with Gasteiger partial charge in [0.05, 0.1) is 11.3 Å². The molecule has 17 heavy (non-hydrogen) atoms. The molecule has 0 atom stereocenters. The number of rotatable bonds is 2. The van der Waals surface area contributed by atoms with Crippen molar-refractivity contribution in [1.82, 2.24) is 4.98 Å². The molecular formula is C11H14F3N3. The third-order valence-electron chi connectivity index (χ3n) is 2.96. The lowest BCUT2D eigenvalue weighted by Crippen LogP contribution is -2.17. The third kappa shape index (κ3) is 2.81. The summed E-state index contributed by atoms with van der Waals surface area (Å²) in [7, 11) is 0. The Kier molecular flexibility index (Phi) is 3.13. The maximum atomic E-state index is 12.5. The first-order chi connectivity index (χ1) is 7.97. The molecule has 6 heteroatoms. The smallest absolute Gasteiger partial charge is 0.382 e. The molecule has 0 saturated heterocycles. The van der Waals surface area contributed by atoms with Crippen molar-refractivity contribution in [3.8, 4) is 0 Å². The van der Waals surface area contributed by atoms with Crippen LogP contribution in [-0.2, 0) is 6.18 Å². The molecule has 0 aliphatic heterocycles. The van der Waals surface area contributed by atoms with Crippen molar-refractivity contribution in [2.24, 2.45) is 0 Å². The molecule has 0 spiro atoms. The second-order valence-corrected chi connectivity index (χ2v) is 4.28. The lowest BCUT2D eigenvalue weighted by Gasteiger charge is -2.16. The van der Waals surface area contributed by atoms with Gasteiger partial charge in [-0.2, -0.15) is 13.2 Å². The number of pyridine rings is 1. The summed E-state index contributed by atoms with van der Waals surface area (Å²) in [6.07, 6.45) is 0.515. The maximum Gasteiger partial charge on any atom is 0.417 e. The highest BCUT2D eigenvalue weighted by atomic mass is 19.4. The van der Waals surface area contributed by atoms with E-state index in [9.17, 15) is 13.2 Å². The van der Waals surface area contributed by atoms with Crippen LogP contribution in [0.4, 0.5) is 24.7 Å². The second-order valence-electron chi connectivity index (χ2n) is 4.28. The molecule has 2 rings (SSSR count). The van der Waals surface area contributed by atoms with Crippen molar-refractivity contribution in [2.45, 2.75) is 37.9 Å². The quantitative estimate of drug-likeness (QED) is 0.842. The van der Waals surface area contributed by atoms with Crippen LogP contribution in [0.25, 0.3) is 0 Å². The highest BCUT2D eigenvalue weighted by Crippen LogP contribution is 2.33. The number of nitrogens with zero attached hydrogens (tertiary/aromatic N) is 1. The van der Waals surface area contributed by atoms with Crippen LogP contribution < -0.4 is 11.1 Å². The summed E-state index contributed by atoms with van der Waals surface area (Å²) in [6, 6.07) is 1.24. The molecule has 0 unspecified atom stereocenters. The average Bonchev–Trinajstić information content (AvgIpc) is 2.72. The molecule has 94 valence electrons. The lowest BCUT2D eigenvalue weighted by molar-refractivity contribution is -0.137. The number of anilines is 2. The number of nitrogen functional groups attached to an aromatic ring is 1. The molecule has 1 aliphatic carbocycles. The molecule has 1 aromatic heterocycles. The Morgan fingerprint density at radius 2 is 1.94 bits per heavy atom. The molecule has 3 N–H and O–H groups in total. The van der Waals surface area contributed by atoms with Crippen molar-refractivity contribution in [2.75, 3.05) is 11.1 Å². The van der Waals surface area contributed by atoms with E-state index in [-0.39, 0.29) is 17.5 Å². The van der Waals surface area contributed by atoms with E-state index in [1.807, 2.05) is 0 Å². The van der Waals surface area contributed by atoms with Crippen LogP contribution in [0, 0.1) is 0 Å². The van der Waals surface area contributed by atoms with Crippen molar-refractivity contribution >= 4 is 11.5 Å². The maximum absolute atomic E-state index is 12.5. The predicted octanol–water partition coefficient (Wildman–Crippen LogP) is 3.04. The minimum Gasteiger partial charge on any atom is -0.382 e. The summed E-state index contributed by atoms with van der Waals surface area (Å²) >= 11 is 0. The van der Waals surface area contributed by atoms with Crippen LogP contribution >= 0.6 is 0 Å². The molecule has 1 fully saturated rings. The predicted molar refractivity (Wildman–Crippen MR) is 59.5 cm³/mol. The van der Waals surface area contributed by atoms with Gasteiger partial charge in [-0.05, 0) is 18.9 Å². The number of nitrogens with one attached hydrogen (secondary N) is 1. The number of hydrogen-bond donors (Lipinski definition) is 2. The zero-order chi connectivity index (χ0) is 12.5. The van der Waals surface area contributed by atoms with Gasteiger partial charge in [-0.25, -0.2) is 4.98 Å². The molecule has 1 saturated carbocycles. The Morgan fingerprint density at radius 3 is 2.53 bits per heavy atom. The third-order valence-corrected chi connectivity index (χ3v) is 2.96. The molecule has 1 aliphatic rings. The Morgan fingerprint density at radius 1 is 1.29 bits per heavy atom. The standard InChI is InChI=1S/C11H14F3N3/c12-11(13,14)7-5-9(10(15)16-6-7)17-8-3-1-2-4-8/h5-6,8,17H,1-4H2,(H2,15,16). The van der Waals surface area contributed by atoms with E-state index in [1.54, 1.807) is 0 Å². The average molecular weight is 245 g/mol. The van der Waals surface area contributed by atoms with Gasteiger partial charge in [0.25, 0.3) is 0 Å². The van der Waals surface area contributed by atoms with Gasteiger partial charge in [0.1, 0.15) is 5.82 Å². The molecule has 1 aromatic rings. The van der Waals surface area contributed by atoms with Crippen molar-refractivity contribution in [1.29, 1.82) is 0 Å². The van der Waals surface area contributed by atoms with Crippen molar-refractivity contribution in [3.05, 3.63) is 17.8 Å². The van der Waals surface area contributed by atoms with Crippen LogP contribution in [0.3, 0.4) is 0 Å². The number of nitrogens with two attached hydrogens (primary N) is 1. The number of aromatic nitrogens is 1. The zero-order valence-electron chi connectivity index (χ0n) is 9.22. The van der Waals surface area contributed by atoms with E-state index in [0.717, 1.165) is 37.9 Å². The van der Waals surface area contributed by atoms with E-state index in [2.05, 4.69) is 10.3 Å². The molecular weight excluding hydrogens is 231 g/mol. The largest absolute Gasteiger partial charge is 0.417 e. The van der Waals surface area contributed by atoms with E-state index in [0.29, 0.717) is 0 Å². The minimum absolute atomic E-state index is 0.116. The second kappa shape index (κ2) is 4.43. The number of halogens is 3. The topological polar surface area (TPSA) is 50.9 Å².